The topological polar surface area (TPSA) is 57.5 Å². The third-order valence-corrected chi connectivity index (χ3v) is 1.31. The van der Waals surface area contributed by atoms with Crippen LogP contribution in [-0.4, -0.2) is 16.2 Å². The summed E-state index contributed by atoms with van der Waals surface area (Å²) in [4.78, 5) is 9.13. The largest absolute Gasteiger partial charge is 0.503 e. The van der Waals surface area contributed by atoms with E-state index in [0.29, 0.717) is 0 Å². The first-order valence-corrected chi connectivity index (χ1v) is 3.63. The van der Waals surface area contributed by atoms with Crippen LogP contribution >= 0.6 is 0 Å². The van der Waals surface area contributed by atoms with Crippen molar-refractivity contribution in [1.29, 1.82) is 0 Å². The smallest absolute Gasteiger partial charge is 0.381 e. The summed E-state index contributed by atoms with van der Waals surface area (Å²) < 4.78 is 60.6. The number of hydrogen-bond donors (Lipinski definition) is 2. The molecule has 0 heterocycles. The minimum Gasteiger partial charge on any atom is -0.503 e. The Morgan fingerprint density at radius 2 is 1.18 bits per heavy atom. The second-order valence-electron chi connectivity index (χ2n) is 2.37. The highest BCUT2D eigenvalue weighted by Crippen LogP contribution is 2.27. The molecule has 8 heteroatoms. The Kier molecular flexibility index (Phi) is 4.92. The van der Waals surface area contributed by atoms with E-state index < -0.39 is 40.8 Å². The fourth-order valence-electron chi connectivity index (χ4n) is 0.593. The zero-order valence-electron chi connectivity index (χ0n) is 7.77. The first-order chi connectivity index (χ1) is 7.73. The average molecular weight is 254 g/mol. The van der Waals surface area contributed by atoms with Crippen LogP contribution in [-0.2, 0) is 4.79 Å². The summed E-state index contributed by atoms with van der Waals surface area (Å²) in [5.41, 5.74) is 0. The second-order valence-corrected chi connectivity index (χ2v) is 2.37. The van der Waals surface area contributed by atoms with Crippen LogP contribution < -0.4 is 0 Å². The number of halogens is 5. The Hall–Kier alpha value is -2.30. The van der Waals surface area contributed by atoms with Gasteiger partial charge in [-0.2, -0.15) is 8.78 Å². The van der Waals surface area contributed by atoms with E-state index in [-0.39, 0.29) is 0 Å². The first-order valence-electron chi connectivity index (χ1n) is 3.63. The van der Waals surface area contributed by atoms with Crippen molar-refractivity contribution in [2.24, 2.45) is 0 Å². The highest BCUT2D eigenvalue weighted by molar-refractivity contribution is 5.85. The molecule has 0 aliphatic carbocycles. The van der Waals surface area contributed by atoms with E-state index in [0.717, 1.165) is 0 Å². The SMILES string of the molecule is C#CC(=O)O.Oc1c(F)c(F)c(F)c(F)c1F. The van der Waals surface area contributed by atoms with Gasteiger partial charge in [-0.05, 0) is 0 Å². The first kappa shape index (κ1) is 14.7. The number of carbonyl (C=O) groups is 1. The van der Waals surface area contributed by atoms with Crippen LogP contribution in [0.3, 0.4) is 0 Å². The summed E-state index contributed by atoms with van der Waals surface area (Å²) in [6, 6.07) is 0. The molecule has 92 valence electrons. The maximum atomic E-state index is 12.2. The standard InChI is InChI=1S/C6HF5O.C3H2O2/c7-1-2(8)4(10)6(12)5(11)3(1)9;1-2-3(4)5/h12H;1H,(H,4,5). The normalized spacial score (nSPS) is 8.94. The number of hydrogen-bond acceptors (Lipinski definition) is 2. The lowest BCUT2D eigenvalue weighted by atomic mass is 10.3. The van der Waals surface area contributed by atoms with Gasteiger partial charge in [-0.1, -0.05) is 0 Å². The van der Waals surface area contributed by atoms with E-state index >= 15 is 0 Å². The summed E-state index contributed by atoms with van der Waals surface area (Å²) >= 11 is 0. The number of benzene rings is 1. The van der Waals surface area contributed by atoms with Gasteiger partial charge in [0.2, 0.25) is 29.1 Å². The van der Waals surface area contributed by atoms with Gasteiger partial charge < -0.3 is 10.2 Å². The number of phenols is 1. The van der Waals surface area contributed by atoms with Crippen LogP contribution in [0.4, 0.5) is 22.0 Å². The van der Waals surface area contributed by atoms with Crippen LogP contribution in [0, 0.1) is 41.4 Å². The molecule has 3 nitrogen and oxygen atoms in total. The molecule has 0 saturated carbocycles. The van der Waals surface area contributed by atoms with Crippen molar-refractivity contribution in [3.05, 3.63) is 29.1 Å². The molecule has 1 rings (SSSR count). The molecule has 17 heavy (non-hydrogen) atoms. The van der Waals surface area contributed by atoms with Gasteiger partial charge >= 0.3 is 5.97 Å². The molecular formula is C9H3F5O3. The molecule has 1 aromatic carbocycles. The molecule has 2 N–H and O–H groups in total. The molecule has 1 aromatic rings. The van der Waals surface area contributed by atoms with Crippen LogP contribution in [0.25, 0.3) is 0 Å². The summed E-state index contributed by atoms with van der Waals surface area (Å²) in [6.45, 7) is 0. The minimum atomic E-state index is -2.29. The molecule has 0 amide bonds. The zero-order valence-corrected chi connectivity index (χ0v) is 7.77. The van der Waals surface area contributed by atoms with E-state index in [4.69, 9.17) is 15.0 Å². The van der Waals surface area contributed by atoms with Crippen molar-refractivity contribution in [1.82, 2.24) is 0 Å². The maximum absolute atomic E-state index is 12.2. The summed E-state index contributed by atoms with van der Waals surface area (Å²) in [7, 11) is 0. The van der Waals surface area contributed by atoms with Crippen LogP contribution in [0.5, 0.6) is 5.75 Å². The Balaban J connectivity index is 0.000000437. The number of aromatic hydroxyl groups is 1. The highest BCUT2D eigenvalue weighted by atomic mass is 19.2. The number of aliphatic carboxylic acids is 1. The predicted octanol–water partition coefficient (Wildman–Crippen LogP) is 1.79. The Labute approximate surface area is 91.1 Å². The molecule has 0 saturated heterocycles. The van der Waals surface area contributed by atoms with Gasteiger partial charge in [0.15, 0.2) is 5.75 Å². The zero-order chi connectivity index (χ0) is 13.7. The van der Waals surface area contributed by atoms with Gasteiger partial charge in [-0.25, -0.2) is 18.0 Å². The number of terminal acetylenes is 1. The molecule has 0 aliphatic rings. The van der Waals surface area contributed by atoms with Crippen LogP contribution in [0.15, 0.2) is 0 Å². The second kappa shape index (κ2) is 5.69. The molecule has 0 spiro atoms. The van der Waals surface area contributed by atoms with Crippen molar-refractivity contribution >= 4 is 5.97 Å². The Morgan fingerprint density at radius 3 is 1.41 bits per heavy atom. The van der Waals surface area contributed by atoms with Gasteiger partial charge in [0, 0.05) is 5.92 Å². The Bertz CT molecular complexity index is 387. The fraction of sp³-hybridized carbons (Fsp3) is 0. The number of carboxylic acids is 1. The summed E-state index contributed by atoms with van der Waals surface area (Å²) in [6.07, 6.45) is 4.32. The molecule has 0 aromatic heterocycles. The van der Waals surface area contributed by atoms with Gasteiger partial charge in [0.1, 0.15) is 0 Å². The van der Waals surface area contributed by atoms with Crippen molar-refractivity contribution in [2.75, 3.05) is 0 Å². The third-order valence-electron chi connectivity index (χ3n) is 1.31. The molecule has 0 aliphatic heterocycles. The lowest BCUT2D eigenvalue weighted by molar-refractivity contribution is -0.130. The fourth-order valence-corrected chi connectivity index (χ4v) is 0.593. The van der Waals surface area contributed by atoms with E-state index in [1.807, 2.05) is 0 Å². The van der Waals surface area contributed by atoms with E-state index in [1.54, 1.807) is 0 Å². The van der Waals surface area contributed by atoms with Crippen molar-refractivity contribution in [3.8, 4) is 18.1 Å². The van der Waals surface area contributed by atoms with Crippen molar-refractivity contribution < 1.29 is 37.0 Å². The van der Waals surface area contributed by atoms with E-state index in [9.17, 15) is 22.0 Å². The van der Waals surface area contributed by atoms with Gasteiger partial charge in [-0.15, -0.1) is 6.42 Å². The number of phenolic OH excluding ortho intramolecular Hbond substituents is 1. The van der Waals surface area contributed by atoms with Gasteiger partial charge in [0.25, 0.3) is 0 Å². The molecular weight excluding hydrogens is 251 g/mol. The van der Waals surface area contributed by atoms with Crippen molar-refractivity contribution in [3.63, 3.8) is 0 Å². The van der Waals surface area contributed by atoms with Gasteiger partial charge in [-0.3, -0.25) is 0 Å². The van der Waals surface area contributed by atoms with E-state index in [2.05, 4.69) is 6.42 Å². The van der Waals surface area contributed by atoms with Crippen LogP contribution in [0.2, 0.25) is 0 Å². The monoisotopic (exact) mass is 254 g/mol. The van der Waals surface area contributed by atoms with Gasteiger partial charge in [0.05, 0.1) is 0 Å². The number of carboxylic acid groups (broad SMARTS) is 1. The quantitative estimate of drug-likeness (QED) is 0.321. The lowest BCUT2D eigenvalue weighted by Crippen LogP contribution is -2.00. The predicted molar refractivity (Wildman–Crippen MR) is 44.4 cm³/mol. The molecule has 0 radical (unpaired) electrons. The molecule has 0 unspecified atom stereocenters. The lowest BCUT2D eigenvalue weighted by Gasteiger charge is -2.00. The summed E-state index contributed by atoms with van der Waals surface area (Å²) in [5.74, 6) is -12.7. The highest BCUT2D eigenvalue weighted by Gasteiger charge is 2.24. The number of rotatable bonds is 0. The minimum absolute atomic E-state index is 1.22. The molecule has 0 atom stereocenters. The van der Waals surface area contributed by atoms with Crippen LogP contribution in [0.1, 0.15) is 0 Å². The van der Waals surface area contributed by atoms with E-state index in [1.165, 1.54) is 5.92 Å². The summed E-state index contributed by atoms with van der Waals surface area (Å²) in [5, 5.41) is 15.8. The molecule has 0 bridgehead atoms. The van der Waals surface area contributed by atoms with Crippen molar-refractivity contribution in [2.45, 2.75) is 0 Å². The molecule has 0 fully saturated rings. The Morgan fingerprint density at radius 1 is 0.941 bits per heavy atom. The third kappa shape index (κ3) is 3.34. The maximum Gasteiger partial charge on any atom is 0.381 e. The average Bonchev–Trinajstić information content (AvgIpc) is 2.32.